The summed E-state index contributed by atoms with van der Waals surface area (Å²) >= 11 is 3.45. The lowest BCUT2D eigenvalue weighted by Gasteiger charge is -2.31. The Labute approximate surface area is 252 Å². The maximum Gasteiger partial charge on any atom is 0.326 e. The first-order valence-corrected chi connectivity index (χ1v) is 16.9. The maximum absolute atomic E-state index is 13.5. The van der Waals surface area contributed by atoms with Gasteiger partial charge < -0.3 is 10.4 Å². The van der Waals surface area contributed by atoms with E-state index in [1.165, 1.54) is 5.56 Å². The van der Waals surface area contributed by atoms with Crippen molar-refractivity contribution in [3.8, 4) is 11.1 Å². The summed E-state index contributed by atoms with van der Waals surface area (Å²) in [6.45, 7) is 3.63. The van der Waals surface area contributed by atoms with E-state index in [2.05, 4.69) is 52.1 Å². The third kappa shape index (κ3) is 8.38. The molecule has 0 aliphatic carbocycles. The van der Waals surface area contributed by atoms with E-state index in [-0.39, 0.29) is 12.1 Å². The monoisotopic (exact) mass is 591 g/mol. The van der Waals surface area contributed by atoms with Gasteiger partial charge in [-0.15, -0.1) is 0 Å². The first kappa shape index (κ1) is 31.2. The molecule has 6 nitrogen and oxygen atoms in total. The van der Waals surface area contributed by atoms with E-state index < -0.39 is 12.0 Å². The number of carboxylic acid groups (broad SMARTS) is 1. The maximum atomic E-state index is 13.5. The zero-order valence-electron chi connectivity index (χ0n) is 24.1. The molecule has 1 amide bonds. The van der Waals surface area contributed by atoms with Crippen molar-refractivity contribution in [1.29, 1.82) is 0 Å². The van der Waals surface area contributed by atoms with Crippen LogP contribution < -0.4 is 10.6 Å². The lowest BCUT2D eigenvalue weighted by molar-refractivity contribution is -0.139. The highest BCUT2D eigenvalue weighted by Crippen LogP contribution is 2.32. The molecule has 0 saturated carbocycles. The zero-order chi connectivity index (χ0) is 29.2. The summed E-state index contributed by atoms with van der Waals surface area (Å²) in [6.07, 6.45) is 6.98. The molecule has 0 spiro atoms. The SMILES string of the molecule is CSCC[C@H](NC(=O)c1ccc(CN2C(NCc3ccccc3)CC[C@H]2CSC)cc1-c1ccccc1C)C(=O)O. The van der Waals surface area contributed by atoms with Crippen LogP contribution in [-0.2, 0) is 17.9 Å². The van der Waals surface area contributed by atoms with Crippen LogP contribution in [0, 0.1) is 6.92 Å². The molecule has 3 N–H and O–H groups in total. The minimum atomic E-state index is -1.01. The number of thioether (sulfide) groups is 2. The van der Waals surface area contributed by atoms with Gasteiger partial charge in [0, 0.05) is 30.4 Å². The van der Waals surface area contributed by atoms with Crippen LogP contribution in [0.2, 0.25) is 0 Å². The Morgan fingerprint density at radius 3 is 2.41 bits per heavy atom. The molecule has 1 saturated heterocycles. The van der Waals surface area contributed by atoms with Gasteiger partial charge >= 0.3 is 5.97 Å². The normalized spacial score (nSPS) is 17.8. The number of aryl methyl sites for hydroxylation is 1. The topological polar surface area (TPSA) is 81.7 Å². The molecule has 1 fully saturated rings. The van der Waals surface area contributed by atoms with Crippen LogP contribution in [-0.4, -0.2) is 64.1 Å². The molecule has 1 heterocycles. The summed E-state index contributed by atoms with van der Waals surface area (Å²) < 4.78 is 0. The smallest absolute Gasteiger partial charge is 0.326 e. The number of carbonyl (C=O) groups is 2. The van der Waals surface area contributed by atoms with Crippen molar-refractivity contribution < 1.29 is 14.7 Å². The summed E-state index contributed by atoms with van der Waals surface area (Å²) in [6, 6.07) is 24.1. The van der Waals surface area contributed by atoms with Crippen molar-refractivity contribution in [3.63, 3.8) is 0 Å². The van der Waals surface area contributed by atoms with E-state index >= 15 is 0 Å². The van der Waals surface area contributed by atoms with Gasteiger partial charge in [0.05, 0.1) is 6.17 Å². The van der Waals surface area contributed by atoms with Crippen molar-refractivity contribution >= 4 is 35.4 Å². The predicted octanol–water partition coefficient (Wildman–Crippen LogP) is 6.04. The summed E-state index contributed by atoms with van der Waals surface area (Å²) in [5.74, 6) is 0.366. The van der Waals surface area contributed by atoms with Crippen LogP contribution >= 0.6 is 23.5 Å². The summed E-state index contributed by atoms with van der Waals surface area (Å²) in [5.41, 5.74) is 5.79. The number of carbonyl (C=O) groups excluding carboxylic acids is 1. The predicted molar refractivity (Wildman–Crippen MR) is 173 cm³/mol. The van der Waals surface area contributed by atoms with Crippen LogP contribution in [0.25, 0.3) is 11.1 Å². The third-order valence-electron chi connectivity index (χ3n) is 7.73. The average molecular weight is 592 g/mol. The summed E-state index contributed by atoms with van der Waals surface area (Å²) in [7, 11) is 0. The van der Waals surface area contributed by atoms with Gasteiger partial charge in [-0.1, -0.05) is 60.7 Å². The number of benzene rings is 3. The Kier molecular flexibility index (Phi) is 11.7. The van der Waals surface area contributed by atoms with E-state index in [9.17, 15) is 14.7 Å². The number of rotatable bonds is 14. The van der Waals surface area contributed by atoms with Gasteiger partial charge in [0.2, 0.25) is 0 Å². The number of carboxylic acids is 1. The largest absolute Gasteiger partial charge is 0.480 e. The summed E-state index contributed by atoms with van der Waals surface area (Å²) in [4.78, 5) is 27.9. The molecule has 1 aliphatic rings. The molecule has 3 atom stereocenters. The van der Waals surface area contributed by atoms with Crippen molar-refractivity contribution in [2.45, 2.75) is 57.5 Å². The lowest BCUT2D eigenvalue weighted by Crippen LogP contribution is -2.44. The Morgan fingerprint density at radius 1 is 0.951 bits per heavy atom. The Balaban J connectivity index is 1.62. The van der Waals surface area contributed by atoms with E-state index in [0.29, 0.717) is 23.8 Å². The third-order valence-corrected chi connectivity index (χ3v) is 9.09. The first-order valence-electron chi connectivity index (χ1n) is 14.1. The number of nitrogens with zero attached hydrogens (tertiary/aromatic N) is 1. The highest BCUT2D eigenvalue weighted by atomic mass is 32.2. The van der Waals surface area contributed by atoms with Gasteiger partial charge in [0.1, 0.15) is 6.04 Å². The van der Waals surface area contributed by atoms with Crippen molar-refractivity contribution in [3.05, 3.63) is 95.1 Å². The molecular formula is C33H41N3O3S2. The number of amides is 1. The van der Waals surface area contributed by atoms with E-state index in [4.69, 9.17) is 0 Å². The molecule has 4 rings (SSSR count). The molecule has 1 unspecified atom stereocenters. The second-order valence-electron chi connectivity index (χ2n) is 10.6. The fourth-order valence-corrected chi connectivity index (χ4v) is 6.74. The fraction of sp³-hybridized carbons (Fsp3) is 0.394. The van der Waals surface area contributed by atoms with Crippen LogP contribution in [0.3, 0.4) is 0 Å². The quantitative estimate of drug-likeness (QED) is 0.211. The average Bonchev–Trinajstić information content (AvgIpc) is 3.35. The fourth-order valence-electron chi connectivity index (χ4n) is 5.52. The number of nitrogens with one attached hydrogen (secondary N) is 2. The zero-order valence-corrected chi connectivity index (χ0v) is 25.8. The van der Waals surface area contributed by atoms with Crippen LogP contribution in [0.4, 0.5) is 0 Å². The highest BCUT2D eigenvalue weighted by Gasteiger charge is 2.33. The van der Waals surface area contributed by atoms with Gasteiger partial charge in [-0.25, -0.2) is 4.79 Å². The van der Waals surface area contributed by atoms with Gasteiger partial charge in [-0.2, -0.15) is 23.5 Å². The second-order valence-corrected chi connectivity index (χ2v) is 12.5. The number of hydrogen-bond acceptors (Lipinski definition) is 6. The molecule has 0 radical (unpaired) electrons. The lowest BCUT2D eigenvalue weighted by atomic mass is 9.93. The molecule has 3 aromatic rings. The Morgan fingerprint density at radius 2 is 1.71 bits per heavy atom. The van der Waals surface area contributed by atoms with Crippen molar-refractivity contribution in [2.24, 2.45) is 0 Å². The molecule has 41 heavy (non-hydrogen) atoms. The molecule has 0 aromatic heterocycles. The van der Waals surface area contributed by atoms with Crippen LogP contribution in [0.5, 0.6) is 0 Å². The van der Waals surface area contributed by atoms with Crippen molar-refractivity contribution in [1.82, 2.24) is 15.5 Å². The minimum absolute atomic E-state index is 0.269. The highest BCUT2D eigenvalue weighted by molar-refractivity contribution is 7.98. The second kappa shape index (κ2) is 15.4. The van der Waals surface area contributed by atoms with Gasteiger partial charge in [-0.3, -0.25) is 15.0 Å². The van der Waals surface area contributed by atoms with E-state index in [1.54, 1.807) is 11.8 Å². The van der Waals surface area contributed by atoms with Gasteiger partial charge in [0.15, 0.2) is 0 Å². The Bertz CT molecular complexity index is 1300. The molecule has 218 valence electrons. The molecule has 0 bridgehead atoms. The number of hydrogen-bond donors (Lipinski definition) is 3. The Hall–Kier alpha value is -2.78. The molecule has 3 aromatic carbocycles. The standard InChI is InChI=1S/C33H41N3O3S2/c1-23-9-7-8-12-27(23)29-19-25(13-15-28(29)32(37)35-30(33(38)39)17-18-40-2)21-36-26(22-41-3)14-16-31(36)34-20-24-10-5-4-6-11-24/h4-13,15,19,26,30-31,34H,14,16-18,20-22H2,1-3H3,(H,35,37)(H,38,39)/t26-,30-,31?/m0/s1. The number of aliphatic carboxylic acids is 1. The minimum Gasteiger partial charge on any atom is -0.480 e. The van der Waals surface area contributed by atoms with Gasteiger partial charge in [-0.05, 0) is 84.4 Å². The first-order chi connectivity index (χ1) is 19.9. The summed E-state index contributed by atoms with van der Waals surface area (Å²) in [5, 5.41) is 16.3. The van der Waals surface area contributed by atoms with Crippen LogP contribution in [0.1, 0.15) is 46.3 Å². The van der Waals surface area contributed by atoms with Gasteiger partial charge in [0.25, 0.3) is 5.91 Å². The molecular weight excluding hydrogens is 551 g/mol. The van der Waals surface area contributed by atoms with Crippen molar-refractivity contribution in [2.75, 3.05) is 24.0 Å². The number of likely N-dealkylation sites (tertiary alicyclic amines) is 1. The molecule has 1 aliphatic heterocycles. The van der Waals surface area contributed by atoms with E-state index in [1.807, 2.05) is 67.4 Å². The molecule has 8 heteroatoms. The van der Waals surface area contributed by atoms with E-state index in [0.717, 1.165) is 53.9 Å². The van der Waals surface area contributed by atoms with Crippen LogP contribution in [0.15, 0.2) is 72.8 Å².